The summed E-state index contributed by atoms with van der Waals surface area (Å²) < 4.78 is 0. The number of unbranched alkanes of at least 4 members (excludes halogenated alkanes) is 2. The molecule has 3 nitrogen and oxygen atoms in total. The van der Waals surface area contributed by atoms with Crippen molar-refractivity contribution in [3.63, 3.8) is 0 Å². The van der Waals surface area contributed by atoms with Crippen molar-refractivity contribution in [2.45, 2.75) is 103 Å². The number of nitrogens with zero attached hydrogens (tertiary/aromatic N) is 1. The lowest BCUT2D eigenvalue weighted by Gasteiger charge is -2.26. The molecule has 1 heterocycles. The Balaban J connectivity index is 1.38. The van der Waals surface area contributed by atoms with Crippen molar-refractivity contribution in [1.29, 1.82) is 0 Å². The van der Waals surface area contributed by atoms with Gasteiger partial charge in [0.25, 0.3) is 0 Å². The molecule has 2 N–H and O–H groups in total. The largest absolute Gasteiger partial charge is 0.392 e. The maximum atomic E-state index is 10.6. The predicted molar refractivity (Wildman–Crippen MR) is 126 cm³/mol. The van der Waals surface area contributed by atoms with Gasteiger partial charge in [0, 0.05) is 5.92 Å². The van der Waals surface area contributed by atoms with E-state index >= 15 is 0 Å². The van der Waals surface area contributed by atoms with Crippen LogP contribution in [0.15, 0.2) is 23.8 Å². The first-order valence-electron chi connectivity index (χ1n) is 13.0. The monoisotopic (exact) mass is 417 g/mol. The van der Waals surface area contributed by atoms with Crippen molar-refractivity contribution >= 4 is 0 Å². The van der Waals surface area contributed by atoms with Gasteiger partial charge >= 0.3 is 0 Å². The second-order valence-electron chi connectivity index (χ2n) is 10.5. The Morgan fingerprint density at radius 3 is 2.73 bits per heavy atom. The summed E-state index contributed by atoms with van der Waals surface area (Å²) in [5.41, 5.74) is 1.63. The summed E-state index contributed by atoms with van der Waals surface area (Å²) in [5, 5.41) is 21.0. The smallest absolute Gasteiger partial charge is 0.0723 e. The van der Waals surface area contributed by atoms with Gasteiger partial charge in [-0.05, 0) is 88.8 Å². The average Bonchev–Trinajstić information content (AvgIpc) is 3.25. The Morgan fingerprint density at radius 2 is 1.97 bits per heavy atom. The van der Waals surface area contributed by atoms with Gasteiger partial charge in [-0.2, -0.15) is 0 Å². The molecule has 0 radical (unpaired) electrons. The minimum Gasteiger partial charge on any atom is -0.392 e. The molecule has 0 aromatic rings. The fourth-order valence-electron chi connectivity index (χ4n) is 6.08. The SMILES string of the molecule is CCCC[C@H](C)C[C@H](O)/C=C/[C@@H]1[C@H]2CC(CCCCN3CCCCC3)=C[C@H]2C[C@H]1O. The maximum absolute atomic E-state index is 10.6. The minimum absolute atomic E-state index is 0.220. The summed E-state index contributed by atoms with van der Waals surface area (Å²) in [4.78, 5) is 2.65. The number of likely N-dealkylation sites (tertiary alicyclic amines) is 1. The summed E-state index contributed by atoms with van der Waals surface area (Å²) >= 11 is 0. The van der Waals surface area contributed by atoms with Gasteiger partial charge in [0.1, 0.15) is 0 Å². The van der Waals surface area contributed by atoms with Crippen LogP contribution in [0.1, 0.15) is 90.9 Å². The number of aliphatic hydroxyl groups is 2. The summed E-state index contributed by atoms with van der Waals surface area (Å²) in [6.07, 6.45) is 20.6. The van der Waals surface area contributed by atoms with Crippen LogP contribution < -0.4 is 0 Å². The molecule has 30 heavy (non-hydrogen) atoms. The lowest BCUT2D eigenvalue weighted by atomic mass is 9.88. The summed E-state index contributed by atoms with van der Waals surface area (Å²) in [6.45, 7) is 8.36. The first kappa shape index (κ1) is 24.0. The maximum Gasteiger partial charge on any atom is 0.0723 e. The third-order valence-corrected chi connectivity index (χ3v) is 7.87. The zero-order chi connectivity index (χ0) is 21.3. The van der Waals surface area contributed by atoms with Crippen LogP contribution in [0.3, 0.4) is 0 Å². The van der Waals surface area contributed by atoms with Crippen LogP contribution in [0.5, 0.6) is 0 Å². The lowest BCUT2D eigenvalue weighted by Crippen LogP contribution is -2.30. The summed E-state index contributed by atoms with van der Waals surface area (Å²) in [5.74, 6) is 1.89. The summed E-state index contributed by atoms with van der Waals surface area (Å²) in [7, 11) is 0. The molecule has 3 heteroatoms. The first-order chi connectivity index (χ1) is 14.6. The van der Waals surface area contributed by atoms with E-state index in [0.717, 1.165) is 19.3 Å². The number of piperidine rings is 1. The molecule has 0 aromatic heterocycles. The number of hydrogen-bond acceptors (Lipinski definition) is 3. The molecule has 1 saturated heterocycles. The van der Waals surface area contributed by atoms with Gasteiger partial charge < -0.3 is 15.1 Å². The van der Waals surface area contributed by atoms with Crippen LogP contribution >= 0.6 is 0 Å². The Morgan fingerprint density at radius 1 is 1.17 bits per heavy atom. The number of allylic oxidation sites excluding steroid dienone is 2. The van der Waals surface area contributed by atoms with Crippen molar-refractivity contribution in [1.82, 2.24) is 4.90 Å². The third kappa shape index (κ3) is 7.21. The number of fused-ring (bicyclic) bond motifs is 1. The second-order valence-corrected chi connectivity index (χ2v) is 10.5. The molecule has 172 valence electrons. The standard InChI is InChI=1S/C27H47NO2/c1-3-4-10-21(2)17-24(29)12-13-25-26-19-22(18-23(26)20-27(25)30)11-6-9-16-28-14-7-5-8-15-28/h12-13,18,21,23-27,29-30H,3-11,14-17,19-20H2,1-2H3/b13-12+/t21-,23-,24+,25+,26-,27+/m0/s1. The van der Waals surface area contributed by atoms with E-state index in [1.807, 2.05) is 6.08 Å². The highest BCUT2D eigenvalue weighted by Crippen LogP contribution is 2.48. The first-order valence-corrected chi connectivity index (χ1v) is 13.0. The van der Waals surface area contributed by atoms with Crippen LogP contribution in [0, 0.1) is 23.7 Å². The van der Waals surface area contributed by atoms with Crippen LogP contribution in [0.25, 0.3) is 0 Å². The van der Waals surface area contributed by atoms with Crippen molar-refractivity contribution in [2.24, 2.45) is 23.7 Å². The molecular formula is C27H47NO2. The Kier molecular flexibility index (Phi) is 9.93. The Hall–Kier alpha value is -0.640. The molecule has 0 aromatic carbocycles. The number of rotatable bonds is 12. The van der Waals surface area contributed by atoms with E-state index in [0.29, 0.717) is 17.8 Å². The Bertz CT molecular complexity index is 551. The Labute approximate surface area is 185 Å². The van der Waals surface area contributed by atoms with Crippen LogP contribution in [0.4, 0.5) is 0 Å². The second kappa shape index (κ2) is 12.4. The molecule has 0 bridgehead atoms. The van der Waals surface area contributed by atoms with Gasteiger partial charge in [-0.3, -0.25) is 0 Å². The van der Waals surface area contributed by atoms with E-state index in [2.05, 4.69) is 30.9 Å². The highest BCUT2D eigenvalue weighted by atomic mass is 16.3. The molecule has 2 fully saturated rings. The highest BCUT2D eigenvalue weighted by molar-refractivity contribution is 5.21. The topological polar surface area (TPSA) is 43.7 Å². The van der Waals surface area contributed by atoms with E-state index in [1.165, 1.54) is 77.4 Å². The van der Waals surface area contributed by atoms with Crippen LogP contribution in [-0.2, 0) is 0 Å². The van der Waals surface area contributed by atoms with Crippen molar-refractivity contribution in [2.75, 3.05) is 19.6 Å². The summed E-state index contributed by atoms with van der Waals surface area (Å²) in [6, 6.07) is 0. The van der Waals surface area contributed by atoms with E-state index in [1.54, 1.807) is 5.57 Å². The van der Waals surface area contributed by atoms with E-state index in [9.17, 15) is 10.2 Å². The fraction of sp³-hybridized carbons (Fsp3) is 0.852. The zero-order valence-corrected chi connectivity index (χ0v) is 19.6. The van der Waals surface area contributed by atoms with Crippen LogP contribution in [0.2, 0.25) is 0 Å². The molecule has 0 spiro atoms. The van der Waals surface area contributed by atoms with Gasteiger partial charge in [-0.15, -0.1) is 0 Å². The van der Waals surface area contributed by atoms with Gasteiger partial charge in [-0.25, -0.2) is 0 Å². The quantitative estimate of drug-likeness (QED) is 0.315. The third-order valence-electron chi connectivity index (χ3n) is 7.87. The lowest BCUT2D eigenvalue weighted by molar-refractivity contribution is 0.139. The number of hydrogen-bond donors (Lipinski definition) is 2. The number of aliphatic hydroxyl groups excluding tert-OH is 2. The van der Waals surface area contributed by atoms with Crippen molar-refractivity contribution < 1.29 is 10.2 Å². The van der Waals surface area contributed by atoms with Gasteiger partial charge in [0.2, 0.25) is 0 Å². The molecular weight excluding hydrogens is 370 g/mol. The van der Waals surface area contributed by atoms with E-state index < -0.39 is 0 Å². The van der Waals surface area contributed by atoms with E-state index in [4.69, 9.17) is 0 Å². The van der Waals surface area contributed by atoms with Crippen molar-refractivity contribution in [3.05, 3.63) is 23.8 Å². The molecule has 0 amide bonds. The fourth-order valence-corrected chi connectivity index (χ4v) is 6.08. The molecule has 6 atom stereocenters. The normalized spacial score (nSPS) is 31.8. The molecule has 1 aliphatic heterocycles. The van der Waals surface area contributed by atoms with E-state index in [-0.39, 0.29) is 18.1 Å². The molecule has 1 saturated carbocycles. The van der Waals surface area contributed by atoms with Gasteiger partial charge in [0.15, 0.2) is 0 Å². The molecule has 3 rings (SSSR count). The zero-order valence-electron chi connectivity index (χ0n) is 19.6. The highest BCUT2D eigenvalue weighted by Gasteiger charge is 2.43. The van der Waals surface area contributed by atoms with Gasteiger partial charge in [0.05, 0.1) is 12.2 Å². The molecule has 3 aliphatic rings. The predicted octanol–water partition coefficient (Wildman–Crippen LogP) is 5.72. The van der Waals surface area contributed by atoms with Gasteiger partial charge in [-0.1, -0.05) is 63.3 Å². The van der Waals surface area contributed by atoms with Crippen LogP contribution in [-0.4, -0.2) is 47.0 Å². The van der Waals surface area contributed by atoms with Crippen molar-refractivity contribution in [3.8, 4) is 0 Å². The minimum atomic E-state index is -0.369. The average molecular weight is 418 g/mol. The molecule has 2 aliphatic carbocycles. The molecule has 0 unspecified atom stereocenters.